The second kappa shape index (κ2) is 9.37. The van der Waals surface area contributed by atoms with Crippen molar-refractivity contribution in [2.24, 2.45) is 5.92 Å². The van der Waals surface area contributed by atoms with Gasteiger partial charge in [-0.1, -0.05) is 0 Å². The third-order valence-corrected chi connectivity index (χ3v) is 7.45. The highest BCUT2D eigenvalue weighted by molar-refractivity contribution is 6.02. The smallest absolute Gasteiger partial charge is 0.228 e. The van der Waals surface area contributed by atoms with Crippen LogP contribution in [-0.4, -0.2) is 69.1 Å². The average Bonchev–Trinajstić information content (AvgIpc) is 3.29. The molecule has 0 aromatic heterocycles. The van der Waals surface area contributed by atoms with Crippen molar-refractivity contribution in [3.05, 3.63) is 42.0 Å². The minimum atomic E-state index is -0.693. The van der Waals surface area contributed by atoms with E-state index in [0.29, 0.717) is 61.0 Å². The molecule has 36 heavy (non-hydrogen) atoms. The number of likely N-dealkylation sites (tertiary alicyclic amines) is 1. The lowest BCUT2D eigenvalue weighted by molar-refractivity contribution is -0.139. The van der Waals surface area contributed by atoms with Gasteiger partial charge in [0.1, 0.15) is 11.4 Å². The topological polar surface area (TPSA) is 94.6 Å². The molecule has 190 valence electrons. The third-order valence-electron chi connectivity index (χ3n) is 7.45. The van der Waals surface area contributed by atoms with Gasteiger partial charge >= 0.3 is 0 Å². The van der Waals surface area contributed by atoms with Crippen molar-refractivity contribution in [3.8, 4) is 23.0 Å². The Labute approximate surface area is 209 Å². The first kappa shape index (κ1) is 24.0. The fourth-order valence-electron chi connectivity index (χ4n) is 5.42. The number of hydrogen-bond donors (Lipinski definition) is 0. The molecule has 0 aliphatic carbocycles. The molecule has 2 aromatic rings. The number of carbonyl (C=O) groups is 3. The summed E-state index contributed by atoms with van der Waals surface area (Å²) in [5.41, 5.74) is 0.548. The number of ether oxygens (including phenoxy) is 4. The number of piperidine rings is 1. The van der Waals surface area contributed by atoms with Crippen LogP contribution in [0, 0.1) is 5.92 Å². The van der Waals surface area contributed by atoms with Gasteiger partial charge in [0.2, 0.25) is 17.6 Å². The molecule has 1 unspecified atom stereocenters. The van der Waals surface area contributed by atoms with Gasteiger partial charge in [0.25, 0.3) is 0 Å². The molecular weight excluding hydrogens is 464 g/mol. The van der Waals surface area contributed by atoms with Gasteiger partial charge in [0.15, 0.2) is 17.3 Å². The molecule has 2 amide bonds. The van der Waals surface area contributed by atoms with E-state index < -0.39 is 11.5 Å². The molecule has 1 atom stereocenters. The zero-order chi connectivity index (χ0) is 25.4. The largest absolute Gasteiger partial charge is 0.497 e. The van der Waals surface area contributed by atoms with Crippen LogP contribution in [0.2, 0.25) is 0 Å². The Morgan fingerprint density at radius 2 is 1.69 bits per heavy atom. The Morgan fingerprint density at radius 1 is 0.972 bits per heavy atom. The second-order valence-corrected chi connectivity index (χ2v) is 9.49. The molecule has 0 saturated carbocycles. The summed E-state index contributed by atoms with van der Waals surface area (Å²) in [7, 11) is 4.65. The van der Waals surface area contributed by atoms with E-state index in [0.717, 1.165) is 5.69 Å². The molecule has 2 aromatic carbocycles. The van der Waals surface area contributed by atoms with Gasteiger partial charge in [-0.3, -0.25) is 14.4 Å². The van der Waals surface area contributed by atoms with E-state index in [-0.39, 0.29) is 30.4 Å². The van der Waals surface area contributed by atoms with Gasteiger partial charge in [0, 0.05) is 44.6 Å². The fraction of sp³-hybridized carbons (Fsp3) is 0.444. The molecular formula is C27H30N2O7. The number of ketones is 1. The highest BCUT2D eigenvalue weighted by Crippen LogP contribution is 2.48. The minimum absolute atomic E-state index is 0.00602. The molecule has 0 N–H and O–H groups in total. The zero-order valence-electron chi connectivity index (χ0n) is 20.7. The first-order valence-electron chi connectivity index (χ1n) is 12.1. The van der Waals surface area contributed by atoms with Crippen molar-refractivity contribution in [1.82, 2.24) is 4.90 Å². The summed E-state index contributed by atoms with van der Waals surface area (Å²) in [6, 6.07) is 10.7. The lowest BCUT2D eigenvalue weighted by atomic mass is 9.82. The number of rotatable bonds is 5. The normalized spacial score (nSPS) is 20.7. The average molecular weight is 495 g/mol. The molecule has 3 aliphatic rings. The molecule has 3 heterocycles. The zero-order valence-corrected chi connectivity index (χ0v) is 20.7. The maximum atomic E-state index is 13.3. The fourth-order valence-corrected chi connectivity index (χ4v) is 5.42. The number of fused-ring (bicyclic) bond motifs is 1. The van der Waals surface area contributed by atoms with E-state index in [9.17, 15) is 14.4 Å². The van der Waals surface area contributed by atoms with Crippen LogP contribution in [0.4, 0.5) is 5.69 Å². The van der Waals surface area contributed by atoms with Crippen LogP contribution in [0.1, 0.15) is 36.0 Å². The quantitative estimate of drug-likeness (QED) is 0.630. The van der Waals surface area contributed by atoms with E-state index in [1.54, 1.807) is 41.2 Å². The summed E-state index contributed by atoms with van der Waals surface area (Å²) in [6.45, 7) is 1.27. The Balaban J connectivity index is 1.26. The molecule has 1 spiro atoms. The lowest BCUT2D eigenvalue weighted by Crippen LogP contribution is -2.53. The van der Waals surface area contributed by atoms with Crippen LogP contribution < -0.4 is 23.8 Å². The SMILES string of the molecule is COc1ccc(N2CC(C(=O)N3CCC4(CC3)CC(=O)c3ccc(OC)c(OC)c3O4)CC2=O)cc1. The van der Waals surface area contributed by atoms with E-state index in [4.69, 9.17) is 18.9 Å². The summed E-state index contributed by atoms with van der Waals surface area (Å²) < 4.78 is 22.5. The summed E-state index contributed by atoms with van der Waals surface area (Å²) in [6.07, 6.45) is 1.48. The van der Waals surface area contributed by atoms with Gasteiger partial charge in [0.05, 0.1) is 39.2 Å². The van der Waals surface area contributed by atoms with Crippen LogP contribution in [0.3, 0.4) is 0 Å². The van der Waals surface area contributed by atoms with Gasteiger partial charge in [-0.25, -0.2) is 0 Å². The number of hydrogen-bond acceptors (Lipinski definition) is 7. The molecule has 3 aliphatic heterocycles. The maximum absolute atomic E-state index is 13.3. The summed E-state index contributed by atoms with van der Waals surface area (Å²) in [5.74, 6) is 1.53. The highest BCUT2D eigenvalue weighted by Gasteiger charge is 2.46. The number of carbonyl (C=O) groups excluding carboxylic acids is 3. The predicted octanol–water partition coefficient (Wildman–Crippen LogP) is 3.09. The third kappa shape index (κ3) is 4.12. The Hall–Kier alpha value is -3.75. The van der Waals surface area contributed by atoms with Crippen LogP contribution in [0.5, 0.6) is 23.0 Å². The lowest BCUT2D eigenvalue weighted by Gasteiger charge is -2.44. The van der Waals surface area contributed by atoms with Crippen LogP contribution >= 0.6 is 0 Å². The van der Waals surface area contributed by atoms with E-state index in [1.807, 2.05) is 12.1 Å². The van der Waals surface area contributed by atoms with Gasteiger partial charge in [-0.05, 0) is 36.4 Å². The number of benzene rings is 2. The highest BCUT2D eigenvalue weighted by atomic mass is 16.5. The standard InChI is InChI=1S/C27H30N2O7/c1-33-19-6-4-18(5-7-19)29-16-17(14-23(29)31)26(32)28-12-10-27(11-13-28)15-21(30)20-8-9-22(34-2)25(35-3)24(20)36-27/h4-9,17H,10-16H2,1-3H3. The number of nitrogens with zero attached hydrogens (tertiary/aromatic N) is 2. The molecule has 2 fully saturated rings. The summed E-state index contributed by atoms with van der Waals surface area (Å²) >= 11 is 0. The Morgan fingerprint density at radius 3 is 2.33 bits per heavy atom. The van der Waals surface area contributed by atoms with E-state index >= 15 is 0 Å². The minimum Gasteiger partial charge on any atom is -0.497 e. The van der Waals surface area contributed by atoms with Crippen LogP contribution in [-0.2, 0) is 9.59 Å². The van der Waals surface area contributed by atoms with Crippen LogP contribution in [0.25, 0.3) is 0 Å². The number of amides is 2. The molecule has 5 rings (SSSR count). The first-order chi connectivity index (χ1) is 17.4. The van der Waals surface area contributed by atoms with Crippen molar-refractivity contribution < 1.29 is 33.3 Å². The van der Waals surface area contributed by atoms with Crippen molar-refractivity contribution >= 4 is 23.3 Å². The molecule has 0 radical (unpaired) electrons. The Kier molecular flexibility index (Phi) is 6.24. The molecule has 9 nitrogen and oxygen atoms in total. The molecule has 0 bridgehead atoms. The van der Waals surface area contributed by atoms with Crippen molar-refractivity contribution in [2.45, 2.75) is 31.3 Å². The van der Waals surface area contributed by atoms with Crippen molar-refractivity contribution in [1.29, 1.82) is 0 Å². The summed E-state index contributed by atoms with van der Waals surface area (Å²) in [5, 5.41) is 0. The monoisotopic (exact) mass is 494 g/mol. The van der Waals surface area contributed by atoms with Gasteiger partial charge in [-0.2, -0.15) is 0 Å². The predicted molar refractivity (Wildman–Crippen MR) is 131 cm³/mol. The number of methoxy groups -OCH3 is 3. The van der Waals surface area contributed by atoms with E-state index in [1.165, 1.54) is 14.2 Å². The Bertz CT molecular complexity index is 1190. The van der Waals surface area contributed by atoms with Crippen molar-refractivity contribution in [2.75, 3.05) is 45.9 Å². The van der Waals surface area contributed by atoms with Crippen molar-refractivity contribution in [3.63, 3.8) is 0 Å². The van der Waals surface area contributed by atoms with E-state index in [2.05, 4.69) is 0 Å². The van der Waals surface area contributed by atoms with Gasteiger partial charge in [-0.15, -0.1) is 0 Å². The number of Topliss-reactive ketones (excluding diaryl/α,β-unsaturated/α-hetero) is 1. The molecule has 2 saturated heterocycles. The number of anilines is 1. The maximum Gasteiger partial charge on any atom is 0.228 e. The summed E-state index contributed by atoms with van der Waals surface area (Å²) in [4.78, 5) is 42.5. The second-order valence-electron chi connectivity index (χ2n) is 9.49. The van der Waals surface area contributed by atoms with Gasteiger partial charge < -0.3 is 28.7 Å². The van der Waals surface area contributed by atoms with Crippen LogP contribution in [0.15, 0.2) is 36.4 Å². The molecule has 9 heteroatoms. The first-order valence-corrected chi connectivity index (χ1v) is 12.1.